The van der Waals surface area contributed by atoms with Crippen LogP contribution in [0.5, 0.6) is 0 Å². The van der Waals surface area contributed by atoms with E-state index in [9.17, 15) is 4.79 Å². The predicted octanol–water partition coefficient (Wildman–Crippen LogP) is 1.72. The molecule has 1 aromatic carbocycles. The van der Waals surface area contributed by atoms with Crippen LogP contribution in [0.3, 0.4) is 0 Å². The van der Waals surface area contributed by atoms with Gasteiger partial charge in [-0.1, -0.05) is 29.8 Å². The Morgan fingerprint density at radius 3 is 2.57 bits per heavy atom. The van der Waals surface area contributed by atoms with Crippen LogP contribution in [0.2, 0.25) is 5.02 Å². The molecule has 76 valence electrons. The summed E-state index contributed by atoms with van der Waals surface area (Å²) in [5, 5.41) is 8.57. The smallest absolute Gasteiger partial charge is 0.321 e. The second kappa shape index (κ2) is 4.68. The van der Waals surface area contributed by atoms with Gasteiger partial charge in [0.2, 0.25) is 0 Å². The first-order chi connectivity index (χ1) is 6.54. The minimum absolute atomic E-state index is 0.476. The molecule has 2 atom stereocenters. The Kier molecular flexibility index (Phi) is 3.80. The molecule has 1 rings (SSSR count). The molecule has 1 aromatic rings. The molecule has 0 aliphatic heterocycles. The van der Waals surface area contributed by atoms with Gasteiger partial charge >= 0.3 is 5.97 Å². The van der Waals surface area contributed by atoms with E-state index in [1.165, 1.54) is 0 Å². The number of carboxylic acids is 1. The standard InChI is InChI=1S/C9H10ClNO2S/c10-6-4-2-1-3-5(6)8(14)7(11)9(12)13/h1-4,7-8,14H,11H2,(H,12,13). The number of thiol groups is 1. The number of aliphatic carboxylic acids is 1. The summed E-state index contributed by atoms with van der Waals surface area (Å²) in [6.45, 7) is 0. The zero-order chi connectivity index (χ0) is 10.7. The third-order valence-electron chi connectivity index (χ3n) is 1.85. The maximum Gasteiger partial charge on any atom is 0.321 e. The van der Waals surface area contributed by atoms with Gasteiger partial charge < -0.3 is 10.8 Å². The lowest BCUT2D eigenvalue weighted by atomic mass is 10.1. The molecule has 3 nitrogen and oxygen atoms in total. The molecule has 0 aromatic heterocycles. The SMILES string of the molecule is NC(C(=O)O)C(S)c1ccccc1Cl. The molecule has 3 N–H and O–H groups in total. The van der Waals surface area contributed by atoms with Crippen LogP contribution < -0.4 is 5.73 Å². The molecule has 0 fully saturated rings. The van der Waals surface area contributed by atoms with Crippen molar-refractivity contribution in [1.82, 2.24) is 0 Å². The molecule has 0 spiro atoms. The Hall–Kier alpha value is -0.710. The molecular formula is C9H10ClNO2S. The minimum atomic E-state index is -1.09. The molecule has 0 saturated heterocycles. The normalized spacial score (nSPS) is 14.8. The molecule has 14 heavy (non-hydrogen) atoms. The van der Waals surface area contributed by atoms with E-state index < -0.39 is 17.3 Å². The van der Waals surface area contributed by atoms with Crippen molar-refractivity contribution in [3.8, 4) is 0 Å². The van der Waals surface area contributed by atoms with Gasteiger partial charge in [0.15, 0.2) is 0 Å². The molecule has 0 radical (unpaired) electrons. The molecule has 0 amide bonds. The maximum atomic E-state index is 10.6. The summed E-state index contributed by atoms with van der Waals surface area (Å²) in [5.41, 5.74) is 6.06. The number of carbonyl (C=O) groups is 1. The first kappa shape index (κ1) is 11.4. The number of nitrogens with two attached hydrogens (primary N) is 1. The summed E-state index contributed by atoms with van der Waals surface area (Å²) in [6.07, 6.45) is 0. The summed E-state index contributed by atoms with van der Waals surface area (Å²) in [7, 11) is 0. The van der Waals surface area contributed by atoms with Gasteiger partial charge in [0.05, 0.1) is 5.25 Å². The van der Waals surface area contributed by atoms with E-state index in [0.29, 0.717) is 10.6 Å². The molecule has 0 aliphatic carbocycles. The Morgan fingerprint density at radius 1 is 1.50 bits per heavy atom. The third kappa shape index (κ3) is 2.41. The van der Waals surface area contributed by atoms with Gasteiger partial charge in [-0.05, 0) is 11.6 Å². The largest absolute Gasteiger partial charge is 0.480 e. The average Bonchev–Trinajstić information content (AvgIpc) is 2.16. The molecule has 0 saturated carbocycles. The van der Waals surface area contributed by atoms with Crippen LogP contribution in [-0.2, 0) is 4.79 Å². The Morgan fingerprint density at radius 2 is 2.07 bits per heavy atom. The number of carboxylic acid groups (broad SMARTS) is 1. The fourth-order valence-electron chi connectivity index (χ4n) is 1.04. The lowest BCUT2D eigenvalue weighted by Gasteiger charge is -2.16. The zero-order valence-electron chi connectivity index (χ0n) is 7.22. The van der Waals surface area contributed by atoms with Gasteiger partial charge in [-0.15, -0.1) is 0 Å². The highest BCUT2D eigenvalue weighted by molar-refractivity contribution is 7.80. The van der Waals surface area contributed by atoms with E-state index in [1.807, 2.05) is 0 Å². The molecule has 0 bridgehead atoms. The highest BCUT2D eigenvalue weighted by atomic mass is 35.5. The van der Waals surface area contributed by atoms with E-state index in [4.69, 9.17) is 22.4 Å². The van der Waals surface area contributed by atoms with Crippen molar-refractivity contribution in [1.29, 1.82) is 0 Å². The first-order valence-corrected chi connectivity index (χ1v) is 4.84. The second-order valence-electron chi connectivity index (χ2n) is 2.83. The molecule has 0 aliphatic rings. The first-order valence-electron chi connectivity index (χ1n) is 3.95. The van der Waals surface area contributed by atoms with E-state index >= 15 is 0 Å². The lowest BCUT2D eigenvalue weighted by Crippen LogP contribution is -2.34. The number of halogens is 1. The van der Waals surface area contributed by atoms with Crippen LogP contribution >= 0.6 is 24.2 Å². The van der Waals surface area contributed by atoms with E-state index in [2.05, 4.69) is 12.6 Å². The van der Waals surface area contributed by atoms with E-state index in [0.717, 1.165) is 0 Å². The lowest BCUT2D eigenvalue weighted by molar-refractivity contribution is -0.138. The quantitative estimate of drug-likeness (QED) is 0.695. The van der Waals surface area contributed by atoms with Crippen molar-refractivity contribution in [2.75, 3.05) is 0 Å². The molecule has 5 heteroatoms. The number of benzene rings is 1. The minimum Gasteiger partial charge on any atom is -0.480 e. The fraction of sp³-hybridized carbons (Fsp3) is 0.222. The predicted molar refractivity (Wildman–Crippen MR) is 58.8 cm³/mol. The van der Waals surface area contributed by atoms with Gasteiger partial charge in [-0.2, -0.15) is 12.6 Å². The van der Waals surface area contributed by atoms with Gasteiger partial charge in [0.1, 0.15) is 6.04 Å². The van der Waals surface area contributed by atoms with Crippen LogP contribution in [0.25, 0.3) is 0 Å². The average molecular weight is 232 g/mol. The fourth-order valence-corrected chi connectivity index (χ4v) is 1.73. The van der Waals surface area contributed by atoms with Gasteiger partial charge in [-0.25, -0.2) is 0 Å². The van der Waals surface area contributed by atoms with Gasteiger partial charge in [0.25, 0.3) is 0 Å². The summed E-state index contributed by atoms with van der Waals surface area (Å²) < 4.78 is 0. The van der Waals surface area contributed by atoms with Crippen LogP contribution in [0.1, 0.15) is 10.8 Å². The molecular weight excluding hydrogens is 222 g/mol. The van der Waals surface area contributed by atoms with Crippen LogP contribution in [0.15, 0.2) is 24.3 Å². The summed E-state index contributed by atoms with van der Waals surface area (Å²) in [5.74, 6) is -1.09. The topological polar surface area (TPSA) is 63.3 Å². The third-order valence-corrected chi connectivity index (χ3v) is 2.79. The van der Waals surface area contributed by atoms with Crippen molar-refractivity contribution >= 4 is 30.2 Å². The highest BCUT2D eigenvalue weighted by Crippen LogP contribution is 2.29. The molecule has 0 heterocycles. The number of hydrogen-bond donors (Lipinski definition) is 3. The van der Waals surface area contributed by atoms with Gasteiger partial charge in [0, 0.05) is 5.02 Å². The highest BCUT2D eigenvalue weighted by Gasteiger charge is 2.23. The summed E-state index contributed by atoms with van der Waals surface area (Å²) in [4.78, 5) is 10.6. The van der Waals surface area contributed by atoms with Crippen molar-refractivity contribution < 1.29 is 9.90 Å². The van der Waals surface area contributed by atoms with E-state index in [1.54, 1.807) is 24.3 Å². The Balaban J connectivity index is 2.94. The monoisotopic (exact) mass is 231 g/mol. The molecule has 2 unspecified atom stereocenters. The van der Waals surface area contributed by atoms with Crippen molar-refractivity contribution in [3.05, 3.63) is 34.9 Å². The Bertz CT molecular complexity index is 345. The van der Waals surface area contributed by atoms with Crippen LogP contribution in [0, 0.1) is 0 Å². The van der Waals surface area contributed by atoms with Crippen molar-refractivity contribution in [2.24, 2.45) is 5.73 Å². The van der Waals surface area contributed by atoms with Crippen molar-refractivity contribution in [3.63, 3.8) is 0 Å². The van der Waals surface area contributed by atoms with E-state index in [-0.39, 0.29) is 0 Å². The summed E-state index contributed by atoms with van der Waals surface area (Å²) in [6, 6.07) is 5.85. The van der Waals surface area contributed by atoms with Crippen LogP contribution in [-0.4, -0.2) is 17.1 Å². The number of hydrogen-bond acceptors (Lipinski definition) is 3. The maximum absolute atomic E-state index is 10.6. The van der Waals surface area contributed by atoms with Crippen LogP contribution in [0.4, 0.5) is 0 Å². The number of rotatable bonds is 3. The van der Waals surface area contributed by atoms with Gasteiger partial charge in [-0.3, -0.25) is 4.79 Å². The zero-order valence-corrected chi connectivity index (χ0v) is 8.87. The second-order valence-corrected chi connectivity index (χ2v) is 3.79. The van der Waals surface area contributed by atoms with Crippen molar-refractivity contribution in [2.45, 2.75) is 11.3 Å². The summed E-state index contributed by atoms with van der Waals surface area (Å²) >= 11 is 10.0. The Labute approximate surface area is 92.3 Å².